The van der Waals surface area contributed by atoms with Gasteiger partial charge in [0.25, 0.3) is 0 Å². The van der Waals surface area contributed by atoms with E-state index in [1.165, 1.54) is 32.1 Å². The van der Waals surface area contributed by atoms with E-state index in [0.29, 0.717) is 17.2 Å². The van der Waals surface area contributed by atoms with Crippen molar-refractivity contribution in [2.24, 2.45) is 11.8 Å². The summed E-state index contributed by atoms with van der Waals surface area (Å²) in [6.07, 6.45) is 9.35. The standard InChI is InChI=1S/C19H25NO2/c1-2-3-4-6-15-7-5-8-17(13-15)19(21)22-18-11-9-16(14-20)10-12-18/h9-12,15,17H,2-8,13H2,1H3/t15-,17-/m1/s1. The van der Waals surface area contributed by atoms with Crippen LogP contribution in [0.1, 0.15) is 63.9 Å². The largest absolute Gasteiger partial charge is 0.426 e. The summed E-state index contributed by atoms with van der Waals surface area (Å²) in [5, 5.41) is 8.77. The molecule has 0 unspecified atom stereocenters. The molecule has 1 aromatic rings. The molecule has 0 radical (unpaired) electrons. The molecule has 1 aromatic carbocycles. The number of carbonyl (C=O) groups excluding carboxylic acids is 1. The molecule has 1 aliphatic carbocycles. The summed E-state index contributed by atoms with van der Waals surface area (Å²) < 4.78 is 5.48. The third kappa shape index (κ3) is 4.87. The first kappa shape index (κ1) is 16.5. The lowest BCUT2D eigenvalue weighted by atomic mass is 9.79. The molecule has 118 valence electrons. The molecule has 0 aromatic heterocycles. The van der Waals surface area contributed by atoms with Crippen molar-refractivity contribution in [3.63, 3.8) is 0 Å². The van der Waals surface area contributed by atoms with Gasteiger partial charge >= 0.3 is 5.97 Å². The lowest BCUT2D eigenvalue weighted by Gasteiger charge is -2.27. The highest BCUT2D eigenvalue weighted by atomic mass is 16.5. The Hall–Kier alpha value is -1.82. The van der Waals surface area contributed by atoms with Crippen LogP contribution in [0, 0.1) is 23.2 Å². The number of ether oxygens (including phenoxy) is 1. The van der Waals surface area contributed by atoms with Gasteiger partial charge in [-0.1, -0.05) is 45.4 Å². The van der Waals surface area contributed by atoms with E-state index in [0.717, 1.165) is 19.3 Å². The topological polar surface area (TPSA) is 50.1 Å². The van der Waals surface area contributed by atoms with E-state index in [1.807, 2.05) is 0 Å². The second-order valence-corrected chi connectivity index (χ2v) is 6.28. The maximum absolute atomic E-state index is 12.3. The first-order valence-electron chi connectivity index (χ1n) is 8.44. The summed E-state index contributed by atoms with van der Waals surface area (Å²) in [6.45, 7) is 2.22. The van der Waals surface area contributed by atoms with Gasteiger partial charge in [0.15, 0.2) is 0 Å². The molecular formula is C19H25NO2. The number of nitrogens with zero attached hydrogens (tertiary/aromatic N) is 1. The van der Waals surface area contributed by atoms with E-state index in [1.54, 1.807) is 24.3 Å². The van der Waals surface area contributed by atoms with Gasteiger partial charge in [0, 0.05) is 0 Å². The van der Waals surface area contributed by atoms with Gasteiger partial charge in [-0.3, -0.25) is 4.79 Å². The van der Waals surface area contributed by atoms with E-state index in [4.69, 9.17) is 10.00 Å². The van der Waals surface area contributed by atoms with E-state index >= 15 is 0 Å². The third-order valence-electron chi connectivity index (χ3n) is 4.53. The lowest BCUT2D eigenvalue weighted by molar-refractivity contribution is -0.140. The van der Waals surface area contributed by atoms with Crippen LogP contribution in [0.3, 0.4) is 0 Å². The van der Waals surface area contributed by atoms with Gasteiger partial charge in [0.2, 0.25) is 0 Å². The number of unbranched alkanes of at least 4 members (excludes halogenated alkanes) is 2. The second-order valence-electron chi connectivity index (χ2n) is 6.28. The fourth-order valence-electron chi connectivity index (χ4n) is 3.25. The quantitative estimate of drug-likeness (QED) is 0.428. The fourth-order valence-corrected chi connectivity index (χ4v) is 3.25. The minimum absolute atomic E-state index is 0.0380. The first-order chi connectivity index (χ1) is 10.7. The average molecular weight is 299 g/mol. The summed E-state index contributed by atoms with van der Waals surface area (Å²) in [7, 11) is 0. The van der Waals surface area contributed by atoms with Crippen LogP contribution in [0.25, 0.3) is 0 Å². The number of esters is 1. The van der Waals surface area contributed by atoms with Gasteiger partial charge in [0.05, 0.1) is 17.6 Å². The molecule has 3 heteroatoms. The van der Waals surface area contributed by atoms with Crippen LogP contribution in [0.5, 0.6) is 5.75 Å². The zero-order valence-corrected chi connectivity index (χ0v) is 13.4. The predicted molar refractivity (Wildman–Crippen MR) is 86.4 cm³/mol. The van der Waals surface area contributed by atoms with E-state index in [2.05, 4.69) is 13.0 Å². The molecule has 0 saturated heterocycles. The van der Waals surface area contributed by atoms with Crippen LogP contribution >= 0.6 is 0 Å². The van der Waals surface area contributed by atoms with Crippen molar-refractivity contribution in [1.82, 2.24) is 0 Å². The Labute approximate surface area is 133 Å². The molecule has 2 atom stereocenters. The van der Waals surface area contributed by atoms with Crippen molar-refractivity contribution in [3.8, 4) is 11.8 Å². The Bertz CT molecular complexity index is 515. The van der Waals surface area contributed by atoms with E-state index < -0.39 is 0 Å². The molecule has 1 fully saturated rings. The molecule has 22 heavy (non-hydrogen) atoms. The molecule has 0 spiro atoms. The average Bonchev–Trinajstić information content (AvgIpc) is 2.56. The minimum Gasteiger partial charge on any atom is -0.426 e. The molecule has 0 N–H and O–H groups in total. The van der Waals surface area contributed by atoms with Crippen molar-refractivity contribution in [3.05, 3.63) is 29.8 Å². The zero-order valence-electron chi connectivity index (χ0n) is 13.4. The monoisotopic (exact) mass is 299 g/mol. The summed E-state index contributed by atoms with van der Waals surface area (Å²) >= 11 is 0. The van der Waals surface area contributed by atoms with Gasteiger partial charge in [-0.25, -0.2) is 0 Å². The van der Waals surface area contributed by atoms with Crippen molar-refractivity contribution in [2.45, 2.75) is 58.3 Å². The zero-order chi connectivity index (χ0) is 15.8. The maximum Gasteiger partial charge on any atom is 0.314 e. The SMILES string of the molecule is CCCCC[C@@H]1CCC[C@@H](C(=O)Oc2ccc(C#N)cc2)C1. The van der Waals surface area contributed by atoms with Crippen LogP contribution < -0.4 is 4.74 Å². The first-order valence-corrected chi connectivity index (χ1v) is 8.44. The predicted octanol–water partition coefficient (Wildman–Crippen LogP) is 4.85. The fraction of sp³-hybridized carbons (Fsp3) is 0.579. The Morgan fingerprint density at radius 3 is 2.73 bits per heavy atom. The Balaban J connectivity index is 1.84. The number of carbonyl (C=O) groups is 1. The number of nitriles is 1. The minimum atomic E-state index is -0.107. The van der Waals surface area contributed by atoms with Crippen LogP contribution in [0.2, 0.25) is 0 Å². The van der Waals surface area contributed by atoms with Gasteiger partial charge in [-0.2, -0.15) is 5.26 Å². The van der Waals surface area contributed by atoms with Crippen molar-refractivity contribution in [2.75, 3.05) is 0 Å². The summed E-state index contributed by atoms with van der Waals surface area (Å²) in [5.41, 5.74) is 0.577. The van der Waals surface area contributed by atoms with Crippen LogP contribution in [0.4, 0.5) is 0 Å². The van der Waals surface area contributed by atoms with Crippen molar-refractivity contribution >= 4 is 5.97 Å². The summed E-state index contributed by atoms with van der Waals surface area (Å²) in [5.74, 6) is 1.15. The van der Waals surface area contributed by atoms with Crippen LogP contribution in [-0.4, -0.2) is 5.97 Å². The van der Waals surface area contributed by atoms with E-state index in [-0.39, 0.29) is 11.9 Å². The Morgan fingerprint density at radius 1 is 1.27 bits per heavy atom. The molecule has 0 bridgehead atoms. The molecule has 3 nitrogen and oxygen atoms in total. The van der Waals surface area contributed by atoms with Gasteiger partial charge in [-0.15, -0.1) is 0 Å². The third-order valence-corrected chi connectivity index (χ3v) is 4.53. The molecule has 1 aliphatic rings. The second kappa shape index (κ2) is 8.58. The highest BCUT2D eigenvalue weighted by Crippen LogP contribution is 2.33. The normalized spacial score (nSPS) is 21.1. The Morgan fingerprint density at radius 2 is 2.05 bits per heavy atom. The molecule has 0 heterocycles. The number of hydrogen-bond donors (Lipinski definition) is 0. The highest BCUT2D eigenvalue weighted by molar-refractivity contribution is 5.75. The van der Waals surface area contributed by atoms with Crippen molar-refractivity contribution < 1.29 is 9.53 Å². The number of hydrogen-bond acceptors (Lipinski definition) is 3. The smallest absolute Gasteiger partial charge is 0.314 e. The molecular weight excluding hydrogens is 274 g/mol. The van der Waals surface area contributed by atoms with Crippen molar-refractivity contribution in [1.29, 1.82) is 5.26 Å². The van der Waals surface area contributed by atoms with Gasteiger partial charge < -0.3 is 4.74 Å². The number of rotatable bonds is 6. The summed E-state index contributed by atoms with van der Waals surface area (Å²) in [4.78, 5) is 12.3. The van der Waals surface area contributed by atoms with E-state index in [9.17, 15) is 4.79 Å². The molecule has 0 amide bonds. The summed E-state index contributed by atoms with van der Waals surface area (Å²) in [6, 6.07) is 8.80. The molecule has 0 aliphatic heterocycles. The maximum atomic E-state index is 12.3. The van der Waals surface area contributed by atoms with Gasteiger partial charge in [0.1, 0.15) is 5.75 Å². The molecule has 1 saturated carbocycles. The Kier molecular flexibility index (Phi) is 6.45. The molecule has 2 rings (SSSR count). The highest BCUT2D eigenvalue weighted by Gasteiger charge is 2.28. The van der Waals surface area contributed by atoms with Crippen LogP contribution in [0.15, 0.2) is 24.3 Å². The van der Waals surface area contributed by atoms with Crippen LogP contribution in [-0.2, 0) is 4.79 Å². The number of benzene rings is 1. The lowest BCUT2D eigenvalue weighted by Crippen LogP contribution is -2.26. The van der Waals surface area contributed by atoms with Gasteiger partial charge in [-0.05, 0) is 43.0 Å².